The van der Waals surface area contributed by atoms with Gasteiger partial charge in [-0.2, -0.15) is 0 Å². The van der Waals surface area contributed by atoms with Gasteiger partial charge in [0.05, 0.1) is 5.56 Å². The molecule has 0 aliphatic carbocycles. The molecule has 3 rings (SSSR count). The monoisotopic (exact) mass is 422 g/mol. The maximum atomic E-state index is 10.9. The lowest BCUT2D eigenvalue weighted by Crippen LogP contribution is -1.97. The van der Waals surface area contributed by atoms with E-state index in [1.54, 1.807) is 12.1 Å². The van der Waals surface area contributed by atoms with E-state index in [1.165, 1.54) is 0 Å². The molecule has 3 aromatic rings. The minimum atomic E-state index is -0.910. The maximum absolute atomic E-state index is 10.9. The Kier molecular flexibility index (Phi) is 6.44. The molecule has 0 atom stereocenters. The normalized spacial score (nSPS) is 10.9. The molecule has 27 heavy (non-hydrogen) atoms. The van der Waals surface area contributed by atoms with Crippen LogP contribution in [0.1, 0.15) is 27.0 Å². The predicted octanol–water partition coefficient (Wildman–Crippen LogP) is 5.98. The van der Waals surface area contributed by atoms with Crippen LogP contribution in [-0.4, -0.2) is 11.1 Å². The van der Waals surface area contributed by atoms with Gasteiger partial charge >= 0.3 is 5.97 Å². The zero-order chi connectivity index (χ0) is 19.1. The number of carbonyl (C=O) groups is 1. The molecule has 0 saturated carbocycles. The fraction of sp³-hybridized carbons (Fsp3) is 0.0870. The molecule has 0 bridgehead atoms. The first-order valence-corrected chi connectivity index (χ1v) is 9.36. The lowest BCUT2D eigenvalue weighted by molar-refractivity contribution is 0.0697. The van der Waals surface area contributed by atoms with Crippen molar-refractivity contribution in [2.24, 2.45) is 0 Å². The first kappa shape index (κ1) is 18.9. The SMILES string of the molecule is O=C(O)c1ccc(C/C=C/c2ccc(Br)cc2OCc2ccccc2)cc1. The number of rotatable bonds is 7. The van der Waals surface area contributed by atoms with Gasteiger partial charge < -0.3 is 9.84 Å². The third kappa shape index (κ3) is 5.56. The van der Waals surface area contributed by atoms with Gasteiger partial charge in [-0.05, 0) is 41.8 Å². The summed E-state index contributed by atoms with van der Waals surface area (Å²) in [6.07, 6.45) is 4.79. The van der Waals surface area contributed by atoms with Crippen molar-refractivity contribution in [3.63, 3.8) is 0 Å². The van der Waals surface area contributed by atoms with Crippen molar-refractivity contribution in [1.29, 1.82) is 0 Å². The first-order valence-electron chi connectivity index (χ1n) is 8.57. The fourth-order valence-electron chi connectivity index (χ4n) is 2.61. The Bertz CT molecular complexity index is 932. The van der Waals surface area contributed by atoms with Crippen LogP contribution < -0.4 is 4.74 Å². The van der Waals surface area contributed by atoms with Crippen LogP contribution in [0.15, 0.2) is 83.3 Å². The van der Waals surface area contributed by atoms with E-state index in [0.29, 0.717) is 18.6 Å². The minimum Gasteiger partial charge on any atom is -0.488 e. The second-order valence-electron chi connectivity index (χ2n) is 6.06. The van der Waals surface area contributed by atoms with Gasteiger partial charge in [-0.3, -0.25) is 0 Å². The van der Waals surface area contributed by atoms with Crippen molar-refractivity contribution < 1.29 is 14.6 Å². The van der Waals surface area contributed by atoms with Crippen LogP contribution >= 0.6 is 15.9 Å². The highest BCUT2D eigenvalue weighted by atomic mass is 79.9. The number of halogens is 1. The number of hydrogen-bond acceptors (Lipinski definition) is 2. The van der Waals surface area contributed by atoms with E-state index < -0.39 is 5.97 Å². The van der Waals surface area contributed by atoms with Crippen LogP contribution in [-0.2, 0) is 13.0 Å². The summed E-state index contributed by atoms with van der Waals surface area (Å²) in [5, 5.41) is 8.95. The van der Waals surface area contributed by atoms with Crippen LogP contribution in [0.5, 0.6) is 5.75 Å². The molecule has 0 unspecified atom stereocenters. The third-order valence-electron chi connectivity index (χ3n) is 4.06. The van der Waals surface area contributed by atoms with Crippen molar-refractivity contribution in [2.75, 3.05) is 0 Å². The van der Waals surface area contributed by atoms with Crippen molar-refractivity contribution >= 4 is 28.0 Å². The summed E-state index contributed by atoms with van der Waals surface area (Å²) in [6.45, 7) is 0.509. The van der Waals surface area contributed by atoms with Crippen LogP contribution in [0.4, 0.5) is 0 Å². The van der Waals surface area contributed by atoms with Gasteiger partial charge in [0.1, 0.15) is 12.4 Å². The Balaban J connectivity index is 1.68. The highest BCUT2D eigenvalue weighted by Crippen LogP contribution is 2.26. The summed E-state index contributed by atoms with van der Waals surface area (Å²) in [7, 11) is 0. The average molecular weight is 423 g/mol. The molecule has 3 nitrogen and oxygen atoms in total. The number of benzene rings is 3. The van der Waals surface area contributed by atoms with Gasteiger partial charge in [0.25, 0.3) is 0 Å². The molecule has 0 aliphatic rings. The Morgan fingerprint density at radius 3 is 2.41 bits per heavy atom. The summed E-state index contributed by atoms with van der Waals surface area (Å²) in [5.41, 5.74) is 3.47. The summed E-state index contributed by atoms with van der Waals surface area (Å²) in [5.74, 6) is -0.0992. The van der Waals surface area contributed by atoms with E-state index >= 15 is 0 Å². The molecule has 0 aliphatic heterocycles. The molecule has 4 heteroatoms. The topological polar surface area (TPSA) is 46.5 Å². The summed E-state index contributed by atoms with van der Waals surface area (Å²) in [6, 6.07) is 22.9. The zero-order valence-electron chi connectivity index (χ0n) is 14.6. The maximum Gasteiger partial charge on any atom is 0.335 e. The molecule has 0 spiro atoms. The Morgan fingerprint density at radius 2 is 1.70 bits per heavy atom. The van der Waals surface area contributed by atoms with Gasteiger partial charge in [-0.15, -0.1) is 0 Å². The molecule has 136 valence electrons. The van der Waals surface area contributed by atoms with Crippen molar-refractivity contribution in [3.05, 3.63) is 106 Å². The van der Waals surface area contributed by atoms with Crippen LogP contribution in [0.2, 0.25) is 0 Å². The number of carboxylic acids is 1. The molecule has 1 N–H and O–H groups in total. The van der Waals surface area contributed by atoms with Crippen LogP contribution in [0.3, 0.4) is 0 Å². The number of aromatic carboxylic acids is 1. The Hall–Kier alpha value is -2.85. The van der Waals surface area contributed by atoms with E-state index in [0.717, 1.165) is 26.9 Å². The lowest BCUT2D eigenvalue weighted by Gasteiger charge is -2.10. The predicted molar refractivity (Wildman–Crippen MR) is 111 cm³/mol. The van der Waals surface area contributed by atoms with Gasteiger partial charge in [0, 0.05) is 10.0 Å². The minimum absolute atomic E-state index is 0.298. The molecule has 3 aromatic carbocycles. The highest BCUT2D eigenvalue weighted by molar-refractivity contribution is 9.10. The molecule has 0 heterocycles. The highest BCUT2D eigenvalue weighted by Gasteiger charge is 2.04. The molecule has 0 fully saturated rings. The van der Waals surface area contributed by atoms with Gasteiger partial charge in [0.15, 0.2) is 0 Å². The molecule has 0 amide bonds. The lowest BCUT2D eigenvalue weighted by atomic mass is 10.1. The van der Waals surface area contributed by atoms with Crippen molar-refractivity contribution in [3.8, 4) is 5.75 Å². The molecular formula is C23H19BrO3. The summed E-state index contributed by atoms with van der Waals surface area (Å²) < 4.78 is 6.97. The van der Waals surface area contributed by atoms with E-state index in [4.69, 9.17) is 9.84 Å². The van der Waals surface area contributed by atoms with Crippen LogP contribution in [0, 0.1) is 0 Å². The standard InChI is InChI=1S/C23H19BrO3/c24-21-14-13-19(22(15-21)27-16-18-5-2-1-3-6-18)8-4-7-17-9-11-20(12-10-17)23(25)26/h1-6,8-15H,7,16H2,(H,25,26)/b8-4+. The fourth-order valence-corrected chi connectivity index (χ4v) is 2.95. The summed E-state index contributed by atoms with van der Waals surface area (Å²) >= 11 is 3.49. The molecule has 0 radical (unpaired) electrons. The smallest absolute Gasteiger partial charge is 0.335 e. The average Bonchev–Trinajstić information content (AvgIpc) is 2.69. The van der Waals surface area contributed by atoms with E-state index in [9.17, 15) is 4.79 Å². The van der Waals surface area contributed by atoms with Crippen molar-refractivity contribution in [2.45, 2.75) is 13.0 Å². The van der Waals surface area contributed by atoms with Gasteiger partial charge in [-0.25, -0.2) is 4.79 Å². The number of hydrogen-bond donors (Lipinski definition) is 1. The van der Waals surface area contributed by atoms with Gasteiger partial charge in [0.2, 0.25) is 0 Å². The number of carboxylic acid groups (broad SMARTS) is 1. The quantitative estimate of drug-likeness (QED) is 0.509. The largest absolute Gasteiger partial charge is 0.488 e. The van der Waals surface area contributed by atoms with Crippen molar-refractivity contribution in [1.82, 2.24) is 0 Å². The second-order valence-corrected chi connectivity index (χ2v) is 6.98. The Morgan fingerprint density at radius 1 is 0.963 bits per heavy atom. The van der Waals surface area contributed by atoms with Crippen LogP contribution in [0.25, 0.3) is 6.08 Å². The molecule has 0 aromatic heterocycles. The first-order chi connectivity index (χ1) is 13.1. The zero-order valence-corrected chi connectivity index (χ0v) is 16.2. The molecular weight excluding hydrogens is 404 g/mol. The van der Waals surface area contributed by atoms with E-state index in [-0.39, 0.29) is 0 Å². The third-order valence-corrected chi connectivity index (χ3v) is 4.56. The van der Waals surface area contributed by atoms with Gasteiger partial charge in [-0.1, -0.05) is 76.6 Å². The van der Waals surface area contributed by atoms with E-state index in [2.05, 4.69) is 15.9 Å². The second kappa shape index (κ2) is 9.19. The van der Waals surface area contributed by atoms with E-state index in [1.807, 2.05) is 72.8 Å². The summed E-state index contributed by atoms with van der Waals surface area (Å²) in [4.78, 5) is 10.9. The Labute approximate surface area is 167 Å². The number of allylic oxidation sites excluding steroid dienone is 1. The number of ether oxygens (including phenoxy) is 1. The molecule has 0 saturated heterocycles.